The monoisotopic (exact) mass is 241 g/mol. The van der Waals surface area contributed by atoms with E-state index in [9.17, 15) is 9.59 Å². The number of amides is 1. The summed E-state index contributed by atoms with van der Waals surface area (Å²) in [5.74, 6) is -1.17. The summed E-state index contributed by atoms with van der Waals surface area (Å²) < 4.78 is 0. The van der Waals surface area contributed by atoms with Crippen LogP contribution in [0.1, 0.15) is 52.4 Å². The lowest BCUT2D eigenvalue weighted by molar-refractivity contribution is -0.142. The Balaban J connectivity index is 2.42. The molecule has 4 nitrogen and oxygen atoms in total. The van der Waals surface area contributed by atoms with Crippen molar-refractivity contribution in [3.05, 3.63) is 0 Å². The first kappa shape index (κ1) is 14.0. The smallest absolute Gasteiger partial charge is 0.308 e. The van der Waals surface area contributed by atoms with Gasteiger partial charge >= 0.3 is 5.97 Å². The number of carbonyl (C=O) groups excluding carboxylic acids is 1. The molecule has 0 spiro atoms. The Hall–Kier alpha value is -1.06. The fourth-order valence-corrected chi connectivity index (χ4v) is 2.39. The number of carbonyl (C=O) groups is 2. The Morgan fingerprint density at radius 2 is 2.12 bits per heavy atom. The van der Waals surface area contributed by atoms with Crippen molar-refractivity contribution < 1.29 is 14.7 Å². The maximum Gasteiger partial charge on any atom is 0.308 e. The Labute approximate surface area is 103 Å². The highest BCUT2D eigenvalue weighted by Crippen LogP contribution is 2.26. The van der Waals surface area contributed by atoms with Gasteiger partial charge in [-0.2, -0.15) is 0 Å². The van der Waals surface area contributed by atoms with Crippen molar-refractivity contribution in [2.24, 2.45) is 11.8 Å². The Morgan fingerprint density at radius 1 is 1.41 bits per heavy atom. The first-order valence-electron chi connectivity index (χ1n) is 6.59. The number of nitrogens with one attached hydrogen (secondary N) is 1. The molecule has 1 unspecified atom stereocenters. The summed E-state index contributed by atoms with van der Waals surface area (Å²) in [6.45, 7) is 4.01. The standard InChI is InChI=1S/C13H23NO3/c1-3-4-6-9(2)12(15)14-11-8-5-7-10(11)13(16)17/h9-11H,3-8H2,1-2H3,(H,14,15)(H,16,17)/t9?,10-,11+/m0/s1. The highest BCUT2D eigenvalue weighted by Gasteiger charge is 2.34. The fraction of sp³-hybridized carbons (Fsp3) is 0.846. The third kappa shape index (κ3) is 4.02. The molecule has 4 heteroatoms. The van der Waals surface area contributed by atoms with E-state index >= 15 is 0 Å². The molecule has 98 valence electrons. The Bertz CT molecular complexity index is 278. The Kier molecular flexibility index (Phi) is 5.45. The van der Waals surface area contributed by atoms with Crippen molar-refractivity contribution in [3.63, 3.8) is 0 Å². The van der Waals surface area contributed by atoms with Gasteiger partial charge in [-0.05, 0) is 19.3 Å². The normalized spacial score (nSPS) is 25.5. The van der Waals surface area contributed by atoms with Crippen LogP contribution in [-0.2, 0) is 9.59 Å². The molecule has 3 atom stereocenters. The molecule has 1 aliphatic rings. The average Bonchev–Trinajstić information content (AvgIpc) is 2.73. The summed E-state index contributed by atoms with van der Waals surface area (Å²) in [6, 6.07) is -0.163. The van der Waals surface area contributed by atoms with Crippen LogP contribution in [0.25, 0.3) is 0 Å². The second kappa shape index (κ2) is 6.62. The van der Waals surface area contributed by atoms with Crippen LogP contribution in [0.4, 0.5) is 0 Å². The van der Waals surface area contributed by atoms with Gasteiger partial charge in [0.1, 0.15) is 0 Å². The molecule has 0 aromatic carbocycles. The van der Waals surface area contributed by atoms with Crippen LogP contribution in [0.3, 0.4) is 0 Å². The van der Waals surface area contributed by atoms with Crippen LogP contribution < -0.4 is 5.32 Å². The van der Waals surface area contributed by atoms with Crippen molar-refractivity contribution in [1.82, 2.24) is 5.32 Å². The van der Waals surface area contributed by atoms with Gasteiger partial charge in [0.2, 0.25) is 5.91 Å². The topological polar surface area (TPSA) is 66.4 Å². The fourth-order valence-electron chi connectivity index (χ4n) is 2.39. The van der Waals surface area contributed by atoms with Crippen LogP contribution >= 0.6 is 0 Å². The zero-order chi connectivity index (χ0) is 12.8. The minimum atomic E-state index is -0.783. The van der Waals surface area contributed by atoms with E-state index in [0.717, 1.165) is 32.1 Å². The van der Waals surface area contributed by atoms with Gasteiger partial charge in [0.05, 0.1) is 5.92 Å². The molecule has 1 aliphatic carbocycles. The van der Waals surface area contributed by atoms with E-state index in [1.807, 2.05) is 6.92 Å². The Morgan fingerprint density at radius 3 is 2.71 bits per heavy atom. The largest absolute Gasteiger partial charge is 0.481 e. The first-order valence-corrected chi connectivity index (χ1v) is 6.59. The SMILES string of the molecule is CCCCC(C)C(=O)N[C@@H]1CCC[C@@H]1C(=O)O. The van der Waals surface area contributed by atoms with Gasteiger partial charge in [-0.25, -0.2) is 0 Å². The predicted octanol–water partition coefficient (Wildman–Crippen LogP) is 2.18. The van der Waals surface area contributed by atoms with E-state index < -0.39 is 11.9 Å². The number of carboxylic acid groups (broad SMARTS) is 1. The maximum absolute atomic E-state index is 11.9. The zero-order valence-electron chi connectivity index (χ0n) is 10.7. The van der Waals surface area contributed by atoms with Gasteiger partial charge in [0, 0.05) is 12.0 Å². The third-order valence-corrected chi connectivity index (χ3v) is 3.60. The molecule has 0 aromatic heterocycles. The van der Waals surface area contributed by atoms with Gasteiger partial charge in [-0.3, -0.25) is 9.59 Å². The molecule has 0 heterocycles. The van der Waals surface area contributed by atoms with E-state index in [1.54, 1.807) is 0 Å². The molecule has 1 rings (SSSR count). The van der Waals surface area contributed by atoms with Crippen molar-refractivity contribution in [2.45, 2.75) is 58.4 Å². The average molecular weight is 241 g/mol. The van der Waals surface area contributed by atoms with E-state index in [0.29, 0.717) is 6.42 Å². The lowest BCUT2D eigenvalue weighted by atomic mass is 10.0. The summed E-state index contributed by atoms with van der Waals surface area (Å²) in [5, 5.41) is 11.9. The van der Waals surface area contributed by atoms with Gasteiger partial charge in [0.25, 0.3) is 0 Å². The van der Waals surface area contributed by atoms with Gasteiger partial charge < -0.3 is 10.4 Å². The van der Waals surface area contributed by atoms with Gasteiger partial charge in [-0.1, -0.05) is 33.1 Å². The summed E-state index contributed by atoms with van der Waals surface area (Å²) >= 11 is 0. The summed E-state index contributed by atoms with van der Waals surface area (Å²) in [6.07, 6.45) is 5.38. The number of rotatable bonds is 6. The third-order valence-electron chi connectivity index (χ3n) is 3.60. The van der Waals surface area contributed by atoms with Crippen LogP contribution in [0, 0.1) is 11.8 Å². The predicted molar refractivity (Wildman–Crippen MR) is 65.6 cm³/mol. The zero-order valence-corrected chi connectivity index (χ0v) is 10.7. The summed E-state index contributed by atoms with van der Waals surface area (Å²) in [4.78, 5) is 22.9. The molecule has 0 aromatic rings. The molecule has 0 radical (unpaired) electrons. The molecular formula is C13H23NO3. The van der Waals surface area contributed by atoms with Crippen LogP contribution in [-0.4, -0.2) is 23.0 Å². The van der Waals surface area contributed by atoms with Crippen molar-refractivity contribution in [2.75, 3.05) is 0 Å². The minimum Gasteiger partial charge on any atom is -0.481 e. The van der Waals surface area contributed by atoms with Gasteiger partial charge in [-0.15, -0.1) is 0 Å². The minimum absolute atomic E-state index is 0.00926. The number of carboxylic acids is 1. The molecule has 0 aliphatic heterocycles. The second-order valence-corrected chi connectivity index (χ2v) is 5.03. The van der Waals surface area contributed by atoms with Crippen molar-refractivity contribution in [1.29, 1.82) is 0 Å². The molecule has 1 amide bonds. The van der Waals surface area contributed by atoms with Crippen molar-refractivity contribution >= 4 is 11.9 Å². The lowest BCUT2D eigenvalue weighted by Crippen LogP contribution is -2.42. The molecule has 1 fully saturated rings. The number of aliphatic carboxylic acids is 1. The molecule has 0 saturated heterocycles. The first-order chi connectivity index (χ1) is 8.06. The number of hydrogen-bond donors (Lipinski definition) is 2. The molecule has 0 bridgehead atoms. The highest BCUT2D eigenvalue weighted by atomic mass is 16.4. The van der Waals surface area contributed by atoms with E-state index in [1.165, 1.54) is 0 Å². The second-order valence-electron chi connectivity index (χ2n) is 5.03. The van der Waals surface area contributed by atoms with Crippen LogP contribution in [0.2, 0.25) is 0 Å². The molecule has 17 heavy (non-hydrogen) atoms. The number of unbranched alkanes of at least 4 members (excludes halogenated alkanes) is 1. The molecule has 1 saturated carbocycles. The number of hydrogen-bond acceptors (Lipinski definition) is 2. The van der Waals surface area contributed by atoms with E-state index in [-0.39, 0.29) is 17.9 Å². The van der Waals surface area contributed by atoms with Crippen LogP contribution in [0.15, 0.2) is 0 Å². The van der Waals surface area contributed by atoms with Crippen LogP contribution in [0.5, 0.6) is 0 Å². The summed E-state index contributed by atoms with van der Waals surface area (Å²) in [7, 11) is 0. The van der Waals surface area contributed by atoms with E-state index in [4.69, 9.17) is 5.11 Å². The van der Waals surface area contributed by atoms with Gasteiger partial charge in [0.15, 0.2) is 0 Å². The lowest BCUT2D eigenvalue weighted by Gasteiger charge is -2.20. The van der Waals surface area contributed by atoms with Crippen molar-refractivity contribution in [3.8, 4) is 0 Å². The quantitative estimate of drug-likeness (QED) is 0.749. The maximum atomic E-state index is 11.9. The highest BCUT2D eigenvalue weighted by molar-refractivity contribution is 5.80. The molecule has 2 N–H and O–H groups in total. The molecular weight excluding hydrogens is 218 g/mol. The summed E-state index contributed by atoms with van der Waals surface area (Å²) in [5.41, 5.74) is 0. The van der Waals surface area contributed by atoms with E-state index in [2.05, 4.69) is 12.2 Å².